The van der Waals surface area contributed by atoms with E-state index in [0.29, 0.717) is 5.92 Å². The van der Waals surface area contributed by atoms with E-state index >= 15 is 0 Å². The number of piperidine rings is 2. The summed E-state index contributed by atoms with van der Waals surface area (Å²) < 4.78 is 40.3. The topological polar surface area (TPSA) is 32.3 Å². The van der Waals surface area contributed by atoms with Gasteiger partial charge in [-0.1, -0.05) is 42.5 Å². The number of hydrogen-bond acceptors (Lipinski definition) is 2. The molecule has 6 heteroatoms. The molecule has 1 atom stereocenters. The fourth-order valence-electron chi connectivity index (χ4n) is 5.13. The number of halogens is 3. The van der Waals surface area contributed by atoms with Crippen LogP contribution in [0.2, 0.25) is 0 Å². The van der Waals surface area contributed by atoms with E-state index < -0.39 is 17.6 Å². The fourth-order valence-corrected chi connectivity index (χ4v) is 5.13. The van der Waals surface area contributed by atoms with Crippen molar-refractivity contribution in [2.24, 2.45) is 5.92 Å². The summed E-state index contributed by atoms with van der Waals surface area (Å²) in [4.78, 5) is 15.4. The number of carbonyl (C=O) groups excluding carboxylic acids is 1. The molecule has 2 aliphatic heterocycles. The van der Waals surface area contributed by atoms with Gasteiger partial charge in [0.25, 0.3) is 5.91 Å². The maximum absolute atomic E-state index is 13.4. The number of amides is 1. The van der Waals surface area contributed by atoms with Gasteiger partial charge in [-0.15, -0.1) is 0 Å². The summed E-state index contributed by atoms with van der Waals surface area (Å²) >= 11 is 0. The minimum absolute atomic E-state index is 0.279. The van der Waals surface area contributed by atoms with Gasteiger partial charge >= 0.3 is 6.18 Å². The van der Waals surface area contributed by atoms with Gasteiger partial charge in [0.05, 0.1) is 17.2 Å². The monoisotopic (exact) mass is 402 g/mol. The molecule has 29 heavy (non-hydrogen) atoms. The van der Waals surface area contributed by atoms with Crippen molar-refractivity contribution < 1.29 is 18.0 Å². The Balaban J connectivity index is 1.72. The molecular weight excluding hydrogens is 377 g/mol. The molecule has 2 saturated heterocycles. The van der Waals surface area contributed by atoms with E-state index in [2.05, 4.69) is 17.3 Å². The van der Waals surface area contributed by atoms with Crippen LogP contribution in [0.1, 0.15) is 53.2 Å². The van der Waals surface area contributed by atoms with E-state index in [1.165, 1.54) is 18.2 Å². The molecule has 0 spiro atoms. The molecule has 3 fully saturated rings. The number of fused-ring (bicyclic) bond motifs is 3. The van der Waals surface area contributed by atoms with Gasteiger partial charge < -0.3 is 5.32 Å². The standard InChI is InChI=1S/C23H25F3N2O/c1-28-15-16-11-13-22(28,14-12-16)20(17-7-3-2-4-8-17)27-21(29)18-9-5-6-10-19(18)23(24,25)26/h2-10,16,20H,11-15H2,1H3,(H,27,29)/t16?,20-,22?/m1/s1. The van der Waals surface area contributed by atoms with E-state index in [0.717, 1.165) is 43.9 Å². The zero-order valence-corrected chi connectivity index (χ0v) is 16.4. The summed E-state index contributed by atoms with van der Waals surface area (Å²) in [6.07, 6.45) is -0.552. The van der Waals surface area contributed by atoms with Crippen molar-refractivity contribution in [2.45, 2.75) is 43.4 Å². The lowest BCUT2D eigenvalue weighted by Gasteiger charge is -2.57. The molecule has 2 aromatic carbocycles. The van der Waals surface area contributed by atoms with Crippen molar-refractivity contribution in [1.29, 1.82) is 0 Å². The van der Waals surface area contributed by atoms with Crippen LogP contribution in [0.15, 0.2) is 54.6 Å². The van der Waals surface area contributed by atoms with Crippen molar-refractivity contribution in [1.82, 2.24) is 10.2 Å². The van der Waals surface area contributed by atoms with Crippen LogP contribution in [0.4, 0.5) is 13.2 Å². The van der Waals surface area contributed by atoms with Crippen LogP contribution in [0.5, 0.6) is 0 Å². The molecule has 2 aromatic rings. The van der Waals surface area contributed by atoms with Gasteiger partial charge in [-0.25, -0.2) is 0 Å². The first-order valence-electron chi connectivity index (χ1n) is 10.0. The van der Waals surface area contributed by atoms with Crippen LogP contribution in [-0.4, -0.2) is 29.9 Å². The number of nitrogens with zero attached hydrogens (tertiary/aromatic N) is 1. The Kier molecular flexibility index (Phi) is 5.15. The Morgan fingerprint density at radius 3 is 2.31 bits per heavy atom. The number of rotatable bonds is 4. The minimum atomic E-state index is -4.58. The SMILES string of the molecule is CN1CC2CCC1([C@H](NC(=O)c1ccccc1C(F)(F)F)c1ccccc1)CC2. The highest BCUT2D eigenvalue weighted by Crippen LogP contribution is 2.49. The van der Waals surface area contributed by atoms with Crippen molar-refractivity contribution >= 4 is 5.91 Å². The highest BCUT2D eigenvalue weighted by molar-refractivity contribution is 5.96. The minimum Gasteiger partial charge on any atom is -0.343 e. The first kappa shape index (κ1) is 20.0. The van der Waals surface area contributed by atoms with Crippen molar-refractivity contribution in [2.75, 3.05) is 13.6 Å². The summed E-state index contributed by atoms with van der Waals surface area (Å²) in [6.45, 7) is 0.957. The molecule has 0 aromatic heterocycles. The molecule has 3 aliphatic rings. The molecular formula is C23H25F3N2O. The molecule has 2 heterocycles. The first-order chi connectivity index (χ1) is 13.8. The van der Waals surface area contributed by atoms with Gasteiger partial charge in [-0.3, -0.25) is 9.69 Å². The maximum atomic E-state index is 13.4. The van der Waals surface area contributed by atoms with Crippen molar-refractivity contribution in [3.8, 4) is 0 Å². The molecule has 1 amide bonds. The van der Waals surface area contributed by atoms with Gasteiger partial charge in [0.1, 0.15) is 0 Å². The van der Waals surface area contributed by atoms with Crippen LogP contribution in [0.3, 0.4) is 0 Å². The molecule has 2 bridgehead atoms. The molecule has 3 nitrogen and oxygen atoms in total. The van der Waals surface area contributed by atoms with Gasteiger partial charge in [-0.05, 0) is 56.3 Å². The molecule has 1 N–H and O–H groups in total. The van der Waals surface area contributed by atoms with Crippen LogP contribution >= 0.6 is 0 Å². The number of carbonyl (C=O) groups is 1. The summed E-state index contributed by atoms with van der Waals surface area (Å²) in [5.74, 6) is -0.0118. The number of likely N-dealkylation sites (N-methyl/N-ethyl adjacent to an activating group) is 1. The van der Waals surface area contributed by atoms with Gasteiger partial charge in [-0.2, -0.15) is 13.2 Å². The predicted octanol–water partition coefficient (Wildman–Crippen LogP) is 5.05. The summed E-state index contributed by atoms with van der Waals surface area (Å²) in [5.41, 5.74) is -0.580. The molecule has 1 aliphatic carbocycles. The van der Waals surface area contributed by atoms with Crippen LogP contribution in [0.25, 0.3) is 0 Å². The molecule has 154 valence electrons. The van der Waals surface area contributed by atoms with E-state index in [1.54, 1.807) is 0 Å². The number of alkyl halides is 3. The fraction of sp³-hybridized carbons (Fsp3) is 0.435. The van der Waals surface area contributed by atoms with E-state index in [9.17, 15) is 18.0 Å². The Bertz CT molecular complexity index is 873. The molecule has 5 rings (SSSR count). The zero-order valence-electron chi connectivity index (χ0n) is 16.4. The van der Waals surface area contributed by atoms with E-state index in [-0.39, 0.29) is 17.1 Å². The average Bonchev–Trinajstić information content (AvgIpc) is 2.72. The Morgan fingerprint density at radius 1 is 1.07 bits per heavy atom. The van der Waals surface area contributed by atoms with Crippen LogP contribution in [0, 0.1) is 5.92 Å². The second-order valence-electron chi connectivity index (χ2n) is 8.29. The third-order valence-electron chi connectivity index (χ3n) is 6.69. The second-order valence-corrected chi connectivity index (χ2v) is 8.29. The summed E-state index contributed by atoms with van der Waals surface area (Å²) in [5, 5.41) is 3.00. The van der Waals surface area contributed by atoms with E-state index in [1.807, 2.05) is 30.3 Å². The summed E-state index contributed by atoms with van der Waals surface area (Å²) in [6, 6.07) is 14.2. The highest BCUT2D eigenvalue weighted by atomic mass is 19.4. The van der Waals surface area contributed by atoms with E-state index in [4.69, 9.17) is 0 Å². The lowest BCUT2D eigenvalue weighted by atomic mass is 9.65. The molecule has 0 radical (unpaired) electrons. The quantitative estimate of drug-likeness (QED) is 0.776. The smallest absolute Gasteiger partial charge is 0.343 e. The number of nitrogens with one attached hydrogen (secondary N) is 1. The third-order valence-corrected chi connectivity index (χ3v) is 6.69. The predicted molar refractivity (Wildman–Crippen MR) is 105 cm³/mol. The van der Waals surface area contributed by atoms with Gasteiger partial charge in [0.2, 0.25) is 0 Å². The number of hydrogen-bond donors (Lipinski definition) is 1. The average molecular weight is 402 g/mol. The lowest BCUT2D eigenvalue weighted by molar-refractivity contribution is -0.138. The third kappa shape index (κ3) is 3.66. The normalized spacial score (nSPS) is 25.6. The zero-order chi connectivity index (χ0) is 20.6. The lowest BCUT2D eigenvalue weighted by Crippen LogP contribution is -2.62. The number of benzene rings is 2. The van der Waals surface area contributed by atoms with Gasteiger partial charge in [0, 0.05) is 12.1 Å². The first-order valence-corrected chi connectivity index (χ1v) is 10.0. The van der Waals surface area contributed by atoms with Crippen LogP contribution in [-0.2, 0) is 6.18 Å². The van der Waals surface area contributed by atoms with Crippen LogP contribution < -0.4 is 5.32 Å². The van der Waals surface area contributed by atoms with Gasteiger partial charge in [0.15, 0.2) is 0 Å². The summed E-state index contributed by atoms with van der Waals surface area (Å²) in [7, 11) is 2.07. The van der Waals surface area contributed by atoms with Crippen molar-refractivity contribution in [3.05, 3.63) is 71.3 Å². The maximum Gasteiger partial charge on any atom is 0.417 e. The molecule has 1 saturated carbocycles. The largest absolute Gasteiger partial charge is 0.417 e. The highest BCUT2D eigenvalue weighted by Gasteiger charge is 2.50. The Hall–Kier alpha value is -2.34. The van der Waals surface area contributed by atoms with Crippen molar-refractivity contribution in [3.63, 3.8) is 0 Å². The Morgan fingerprint density at radius 2 is 1.69 bits per heavy atom. The second kappa shape index (κ2) is 7.48. The Labute approximate surface area is 168 Å². The molecule has 0 unspecified atom stereocenters.